The molecular weight excluding hydrogens is 361 g/mol. The average Bonchev–Trinajstić information content (AvgIpc) is 1.84. The number of rotatable bonds is 0. The van der Waals surface area contributed by atoms with Crippen LogP contribution in [0.4, 0.5) is 10.2 Å². The highest BCUT2D eigenvalue weighted by Crippen LogP contribution is 2.17. The monoisotopic (exact) mass is 364 g/mol. The van der Waals surface area contributed by atoms with Crippen LogP contribution in [0.2, 0.25) is 0 Å². The van der Waals surface area contributed by atoms with Crippen molar-refractivity contribution in [2.45, 2.75) is 0 Å². The Morgan fingerprint density at radius 1 is 1.40 bits per heavy atom. The topological polar surface area (TPSA) is 38.9 Å². The molecular formula is C5H3FI2N2. The predicted molar refractivity (Wildman–Crippen MR) is 54.0 cm³/mol. The van der Waals surface area contributed by atoms with Crippen molar-refractivity contribution in [3.63, 3.8) is 0 Å². The van der Waals surface area contributed by atoms with E-state index in [0.717, 1.165) is 3.57 Å². The number of aromatic nitrogens is 1. The molecule has 0 amide bonds. The summed E-state index contributed by atoms with van der Waals surface area (Å²) in [5, 5.41) is 0. The Balaban J connectivity index is 3.28. The molecule has 2 N–H and O–H groups in total. The number of nitrogens with two attached hydrogens (primary N) is 1. The SMILES string of the molecule is Nc1nc(F)c(I)cc1I. The maximum Gasteiger partial charge on any atom is 0.228 e. The molecule has 0 radical (unpaired) electrons. The number of halogens is 3. The summed E-state index contributed by atoms with van der Waals surface area (Å²) >= 11 is 3.88. The Kier molecular flexibility index (Phi) is 2.67. The number of hydrogen-bond acceptors (Lipinski definition) is 2. The van der Waals surface area contributed by atoms with Crippen LogP contribution < -0.4 is 5.73 Å². The van der Waals surface area contributed by atoms with Gasteiger partial charge in [0.25, 0.3) is 0 Å². The second-order valence-corrected chi connectivity index (χ2v) is 3.95. The zero-order valence-corrected chi connectivity index (χ0v) is 9.05. The summed E-state index contributed by atoms with van der Waals surface area (Å²) in [6.45, 7) is 0. The van der Waals surface area contributed by atoms with Crippen LogP contribution in [0.1, 0.15) is 0 Å². The summed E-state index contributed by atoms with van der Waals surface area (Å²) in [6.07, 6.45) is 0. The minimum atomic E-state index is -0.501. The van der Waals surface area contributed by atoms with Crippen molar-refractivity contribution in [3.05, 3.63) is 19.2 Å². The van der Waals surface area contributed by atoms with E-state index in [1.807, 2.05) is 45.2 Å². The van der Waals surface area contributed by atoms with Gasteiger partial charge in [-0.25, -0.2) is 4.98 Å². The van der Waals surface area contributed by atoms with Crippen molar-refractivity contribution < 1.29 is 4.39 Å². The lowest BCUT2D eigenvalue weighted by atomic mass is 10.5. The van der Waals surface area contributed by atoms with E-state index in [-0.39, 0.29) is 5.82 Å². The van der Waals surface area contributed by atoms with E-state index in [1.54, 1.807) is 6.07 Å². The molecule has 0 saturated heterocycles. The molecule has 1 aromatic rings. The Hall–Kier alpha value is 0.340. The van der Waals surface area contributed by atoms with Crippen molar-refractivity contribution in [1.82, 2.24) is 4.98 Å². The number of pyridine rings is 1. The van der Waals surface area contributed by atoms with Crippen LogP contribution in [0, 0.1) is 13.1 Å². The van der Waals surface area contributed by atoms with Gasteiger partial charge >= 0.3 is 0 Å². The maximum absolute atomic E-state index is 12.6. The van der Waals surface area contributed by atoms with Crippen LogP contribution in [-0.2, 0) is 0 Å². The summed E-state index contributed by atoms with van der Waals surface area (Å²) in [5.74, 6) is -0.253. The van der Waals surface area contributed by atoms with Gasteiger partial charge < -0.3 is 5.73 Å². The van der Waals surface area contributed by atoms with Crippen molar-refractivity contribution in [2.75, 3.05) is 5.73 Å². The summed E-state index contributed by atoms with van der Waals surface area (Å²) < 4.78 is 13.8. The third kappa shape index (κ3) is 1.68. The van der Waals surface area contributed by atoms with E-state index in [4.69, 9.17) is 5.73 Å². The zero-order chi connectivity index (χ0) is 7.72. The van der Waals surface area contributed by atoms with Gasteiger partial charge in [0.15, 0.2) is 0 Å². The molecule has 2 nitrogen and oxygen atoms in total. The Morgan fingerprint density at radius 2 is 2.00 bits per heavy atom. The highest BCUT2D eigenvalue weighted by Gasteiger charge is 2.03. The number of hydrogen-bond donors (Lipinski definition) is 1. The quantitative estimate of drug-likeness (QED) is 0.565. The van der Waals surface area contributed by atoms with Gasteiger partial charge in [-0.15, -0.1) is 0 Å². The van der Waals surface area contributed by atoms with E-state index in [1.165, 1.54) is 0 Å². The van der Waals surface area contributed by atoms with Crippen molar-refractivity contribution in [3.8, 4) is 0 Å². The average molecular weight is 364 g/mol. The molecule has 0 aliphatic rings. The van der Waals surface area contributed by atoms with Gasteiger partial charge in [0.2, 0.25) is 5.95 Å². The third-order valence-corrected chi connectivity index (χ3v) is 2.53. The zero-order valence-electron chi connectivity index (χ0n) is 4.74. The van der Waals surface area contributed by atoms with E-state index in [2.05, 4.69) is 4.98 Å². The molecule has 0 bridgehead atoms. The summed E-state index contributed by atoms with van der Waals surface area (Å²) in [7, 11) is 0. The molecule has 0 aliphatic carbocycles. The largest absolute Gasteiger partial charge is 0.383 e. The molecule has 1 rings (SSSR count). The van der Waals surface area contributed by atoms with Gasteiger partial charge in [0.1, 0.15) is 5.82 Å². The van der Waals surface area contributed by atoms with Crippen molar-refractivity contribution >= 4 is 51.0 Å². The van der Waals surface area contributed by atoms with Crippen LogP contribution >= 0.6 is 45.2 Å². The number of nitrogen functional groups attached to an aromatic ring is 1. The first-order valence-electron chi connectivity index (χ1n) is 2.38. The molecule has 0 fully saturated rings. The predicted octanol–water partition coefficient (Wildman–Crippen LogP) is 2.01. The minimum Gasteiger partial charge on any atom is -0.383 e. The van der Waals surface area contributed by atoms with Crippen LogP contribution in [0.5, 0.6) is 0 Å². The Morgan fingerprint density at radius 3 is 2.50 bits per heavy atom. The smallest absolute Gasteiger partial charge is 0.228 e. The van der Waals surface area contributed by atoms with Gasteiger partial charge in [-0.1, -0.05) is 0 Å². The van der Waals surface area contributed by atoms with Crippen LogP contribution in [0.3, 0.4) is 0 Å². The number of anilines is 1. The maximum atomic E-state index is 12.6. The fourth-order valence-corrected chi connectivity index (χ4v) is 1.92. The van der Waals surface area contributed by atoms with Gasteiger partial charge in [0.05, 0.1) is 7.14 Å². The normalized spacial score (nSPS) is 9.90. The molecule has 10 heavy (non-hydrogen) atoms. The molecule has 54 valence electrons. The Labute approximate surface area is 84.7 Å². The molecule has 5 heteroatoms. The fourth-order valence-electron chi connectivity index (χ4n) is 0.457. The molecule has 0 spiro atoms. The van der Waals surface area contributed by atoms with Gasteiger partial charge in [0, 0.05) is 0 Å². The second-order valence-electron chi connectivity index (χ2n) is 1.63. The molecule has 0 saturated carbocycles. The first-order chi connectivity index (χ1) is 4.61. The van der Waals surface area contributed by atoms with Crippen molar-refractivity contribution in [2.24, 2.45) is 0 Å². The van der Waals surface area contributed by atoms with E-state index in [9.17, 15) is 4.39 Å². The summed E-state index contributed by atoms with van der Waals surface area (Å²) in [4.78, 5) is 3.47. The van der Waals surface area contributed by atoms with Gasteiger partial charge in [-0.3, -0.25) is 0 Å². The highest BCUT2D eigenvalue weighted by atomic mass is 127. The van der Waals surface area contributed by atoms with E-state index in [0.29, 0.717) is 3.57 Å². The van der Waals surface area contributed by atoms with E-state index < -0.39 is 5.95 Å². The molecule has 0 atom stereocenters. The second kappa shape index (κ2) is 3.16. The van der Waals surface area contributed by atoms with Crippen LogP contribution in [0.15, 0.2) is 6.07 Å². The molecule has 0 unspecified atom stereocenters. The lowest BCUT2D eigenvalue weighted by Gasteiger charge is -1.97. The van der Waals surface area contributed by atoms with Gasteiger partial charge in [-0.05, 0) is 51.2 Å². The molecule has 0 aliphatic heterocycles. The first kappa shape index (κ1) is 8.44. The van der Waals surface area contributed by atoms with Crippen LogP contribution in [0.25, 0.3) is 0 Å². The van der Waals surface area contributed by atoms with Gasteiger partial charge in [-0.2, -0.15) is 4.39 Å². The standard InChI is InChI=1S/C5H3FI2N2/c6-4-2(7)1-3(8)5(9)10-4/h1H,(H2,9,10). The fraction of sp³-hybridized carbons (Fsp3) is 0. The summed E-state index contributed by atoms with van der Waals surface area (Å²) in [5.41, 5.74) is 5.33. The Bertz CT molecular complexity index is 214. The number of nitrogens with zero attached hydrogens (tertiary/aromatic N) is 1. The molecule has 0 aromatic carbocycles. The molecule has 1 aromatic heterocycles. The molecule has 1 heterocycles. The van der Waals surface area contributed by atoms with Crippen LogP contribution in [-0.4, -0.2) is 4.98 Å². The summed E-state index contributed by atoms with van der Waals surface area (Å²) in [6, 6.07) is 1.65. The first-order valence-corrected chi connectivity index (χ1v) is 4.54. The van der Waals surface area contributed by atoms with Crippen molar-refractivity contribution in [1.29, 1.82) is 0 Å². The lowest BCUT2D eigenvalue weighted by Crippen LogP contribution is -1.98. The third-order valence-electron chi connectivity index (χ3n) is 0.914. The highest BCUT2D eigenvalue weighted by molar-refractivity contribution is 14.1. The minimum absolute atomic E-state index is 0.249. The lowest BCUT2D eigenvalue weighted by molar-refractivity contribution is 0.577. The van der Waals surface area contributed by atoms with E-state index >= 15 is 0 Å².